The van der Waals surface area contributed by atoms with E-state index in [0.29, 0.717) is 5.82 Å². The Morgan fingerprint density at radius 1 is 1.23 bits per heavy atom. The van der Waals surface area contributed by atoms with Crippen molar-refractivity contribution in [3.63, 3.8) is 0 Å². The van der Waals surface area contributed by atoms with Gasteiger partial charge < -0.3 is 5.32 Å². The Morgan fingerprint density at radius 3 is 2.73 bits per heavy atom. The molecule has 1 atom stereocenters. The number of hydrogen-bond acceptors (Lipinski definition) is 6. The fourth-order valence-electron chi connectivity index (χ4n) is 3.03. The molecule has 0 aliphatic heterocycles. The number of hydrogen-bond donors (Lipinski definition) is 1. The first-order valence-corrected chi connectivity index (χ1v) is 9.04. The van der Waals surface area contributed by atoms with Gasteiger partial charge in [0.1, 0.15) is 22.8 Å². The fourth-order valence-corrected chi connectivity index (χ4v) is 4.20. The summed E-state index contributed by atoms with van der Waals surface area (Å²) >= 11 is 1.63. The number of benzene rings is 1. The molecule has 8 heteroatoms. The van der Waals surface area contributed by atoms with E-state index in [1.807, 2.05) is 0 Å². The Balaban J connectivity index is 1.58. The van der Waals surface area contributed by atoms with Gasteiger partial charge in [-0.2, -0.15) is 0 Å². The van der Waals surface area contributed by atoms with Crippen LogP contribution < -0.4 is 5.32 Å². The molecule has 0 bridgehead atoms. The number of nitrogens with one attached hydrogen (secondary N) is 1. The SMILES string of the molecule is O=[N+]([O-])c1ccc(NC2CCCc3sc(-c4ccc(F)cc4)nc32)nc1. The van der Waals surface area contributed by atoms with Crippen molar-refractivity contribution in [1.29, 1.82) is 0 Å². The van der Waals surface area contributed by atoms with Crippen LogP contribution in [0.1, 0.15) is 29.5 Å². The molecule has 0 spiro atoms. The van der Waals surface area contributed by atoms with Gasteiger partial charge >= 0.3 is 0 Å². The minimum atomic E-state index is -0.467. The Morgan fingerprint density at radius 2 is 2.04 bits per heavy atom. The van der Waals surface area contributed by atoms with Crippen LogP contribution in [0.2, 0.25) is 0 Å². The monoisotopic (exact) mass is 370 g/mol. The van der Waals surface area contributed by atoms with Crippen molar-refractivity contribution >= 4 is 22.8 Å². The third-order valence-corrected chi connectivity index (χ3v) is 5.51. The van der Waals surface area contributed by atoms with Crippen LogP contribution in [0.25, 0.3) is 10.6 Å². The highest BCUT2D eigenvalue weighted by Gasteiger charge is 2.25. The van der Waals surface area contributed by atoms with Crippen LogP contribution in [0.3, 0.4) is 0 Å². The van der Waals surface area contributed by atoms with Crippen molar-refractivity contribution in [3.8, 4) is 10.6 Å². The lowest BCUT2D eigenvalue weighted by molar-refractivity contribution is -0.385. The normalized spacial score (nSPS) is 16.1. The summed E-state index contributed by atoms with van der Waals surface area (Å²) in [6, 6.07) is 9.40. The molecule has 3 aromatic rings. The Kier molecular flexibility index (Phi) is 4.34. The van der Waals surface area contributed by atoms with Gasteiger partial charge in [0.15, 0.2) is 0 Å². The summed E-state index contributed by atoms with van der Waals surface area (Å²) in [4.78, 5) is 20.4. The number of aryl methyl sites for hydroxylation is 1. The van der Waals surface area contributed by atoms with E-state index in [1.165, 1.54) is 29.3 Å². The first kappa shape index (κ1) is 16.6. The van der Waals surface area contributed by atoms with E-state index in [9.17, 15) is 14.5 Å². The molecule has 1 aromatic carbocycles. The maximum Gasteiger partial charge on any atom is 0.287 e. The van der Waals surface area contributed by atoms with E-state index in [-0.39, 0.29) is 17.5 Å². The van der Waals surface area contributed by atoms with Crippen LogP contribution in [-0.2, 0) is 6.42 Å². The number of nitro groups is 1. The minimum Gasteiger partial charge on any atom is -0.362 e. The lowest BCUT2D eigenvalue weighted by Gasteiger charge is -2.22. The smallest absolute Gasteiger partial charge is 0.287 e. The number of pyridine rings is 1. The van der Waals surface area contributed by atoms with Crippen molar-refractivity contribution < 1.29 is 9.31 Å². The Hall–Kier alpha value is -2.87. The van der Waals surface area contributed by atoms with Crippen LogP contribution in [0.5, 0.6) is 0 Å². The molecule has 1 N–H and O–H groups in total. The van der Waals surface area contributed by atoms with Crippen molar-refractivity contribution in [2.45, 2.75) is 25.3 Å². The van der Waals surface area contributed by atoms with Gasteiger partial charge in [0.2, 0.25) is 0 Å². The molecule has 2 heterocycles. The van der Waals surface area contributed by atoms with Crippen molar-refractivity contribution in [2.24, 2.45) is 0 Å². The zero-order valence-corrected chi connectivity index (χ0v) is 14.5. The van der Waals surface area contributed by atoms with Gasteiger partial charge in [-0.25, -0.2) is 14.4 Å². The number of anilines is 1. The highest BCUT2D eigenvalue weighted by Crippen LogP contribution is 2.38. The van der Waals surface area contributed by atoms with Gasteiger partial charge in [0.25, 0.3) is 5.69 Å². The standard InChI is InChI=1S/C18H15FN4O2S/c19-12-6-4-11(5-7-12)18-22-17-14(2-1-3-15(17)26-18)21-16-9-8-13(10-20-16)23(24)25/h4-10,14H,1-3H2,(H,20,21). The van der Waals surface area contributed by atoms with Gasteiger partial charge in [-0.15, -0.1) is 11.3 Å². The predicted octanol–water partition coefficient (Wildman–Crippen LogP) is 4.74. The Bertz CT molecular complexity index is 941. The maximum atomic E-state index is 13.1. The molecule has 4 rings (SSSR count). The van der Waals surface area contributed by atoms with Gasteiger partial charge in [-0.1, -0.05) is 0 Å². The summed E-state index contributed by atoms with van der Waals surface area (Å²) in [7, 11) is 0. The zero-order chi connectivity index (χ0) is 18.1. The molecule has 6 nitrogen and oxygen atoms in total. The van der Waals surface area contributed by atoms with Crippen LogP contribution in [-0.4, -0.2) is 14.9 Å². The summed E-state index contributed by atoms with van der Waals surface area (Å²) in [6.45, 7) is 0. The lowest BCUT2D eigenvalue weighted by Crippen LogP contribution is -2.17. The number of nitrogens with zero attached hydrogens (tertiary/aromatic N) is 3. The molecule has 132 valence electrons. The van der Waals surface area contributed by atoms with Crippen molar-refractivity contribution in [1.82, 2.24) is 9.97 Å². The van der Waals surface area contributed by atoms with Gasteiger partial charge in [0.05, 0.1) is 16.7 Å². The summed E-state index contributed by atoms with van der Waals surface area (Å²) < 4.78 is 13.1. The third kappa shape index (κ3) is 3.28. The van der Waals surface area contributed by atoms with E-state index in [0.717, 1.165) is 35.5 Å². The van der Waals surface area contributed by atoms with E-state index < -0.39 is 4.92 Å². The minimum absolute atomic E-state index is 0.0122. The molecular formula is C18H15FN4O2S. The molecule has 1 unspecified atom stereocenters. The second kappa shape index (κ2) is 6.80. The van der Waals surface area contributed by atoms with Gasteiger partial charge in [-0.05, 0) is 49.6 Å². The Labute approximate surface area is 152 Å². The maximum absolute atomic E-state index is 13.1. The number of rotatable bonds is 4. The number of aromatic nitrogens is 2. The molecule has 1 aliphatic rings. The molecule has 0 fully saturated rings. The molecule has 2 aromatic heterocycles. The summed E-state index contributed by atoms with van der Waals surface area (Å²) in [5, 5.41) is 14.9. The van der Waals surface area contributed by atoms with E-state index in [4.69, 9.17) is 4.98 Å². The number of halogens is 1. The number of fused-ring (bicyclic) bond motifs is 1. The van der Waals surface area contributed by atoms with E-state index >= 15 is 0 Å². The molecule has 0 saturated heterocycles. The van der Waals surface area contributed by atoms with E-state index in [1.54, 1.807) is 29.5 Å². The molecule has 0 saturated carbocycles. The highest BCUT2D eigenvalue weighted by molar-refractivity contribution is 7.15. The van der Waals surface area contributed by atoms with Crippen LogP contribution >= 0.6 is 11.3 Å². The summed E-state index contributed by atoms with van der Waals surface area (Å²) in [5.74, 6) is 0.323. The molecule has 0 radical (unpaired) electrons. The van der Waals surface area contributed by atoms with Crippen LogP contribution in [0.4, 0.5) is 15.9 Å². The first-order valence-electron chi connectivity index (χ1n) is 8.22. The highest BCUT2D eigenvalue weighted by atomic mass is 32.1. The van der Waals surface area contributed by atoms with Gasteiger partial charge in [-0.3, -0.25) is 10.1 Å². The topological polar surface area (TPSA) is 81.0 Å². The molecule has 26 heavy (non-hydrogen) atoms. The third-order valence-electron chi connectivity index (χ3n) is 4.33. The van der Waals surface area contributed by atoms with Crippen molar-refractivity contribution in [2.75, 3.05) is 5.32 Å². The lowest BCUT2D eigenvalue weighted by atomic mass is 9.97. The molecule has 0 amide bonds. The van der Waals surface area contributed by atoms with Crippen LogP contribution in [0, 0.1) is 15.9 Å². The van der Waals surface area contributed by atoms with Crippen molar-refractivity contribution in [3.05, 3.63) is 69.1 Å². The average molecular weight is 370 g/mol. The molecular weight excluding hydrogens is 355 g/mol. The van der Waals surface area contributed by atoms with E-state index in [2.05, 4.69) is 10.3 Å². The first-order chi connectivity index (χ1) is 12.6. The second-order valence-electron chi connectivity index (χ2n) is 6.08. The largest absolute Gasteiger partial charge is 0.362 e. The zero-order valence-electron chi connectivity index (χ0n) is 13.7. The fraction of sp³-hybridized carbons (Fsp3) is 0.222. The average Bonchev–Trinajstić information content (AvgIpc) is 3.08. The van der Waals surface area contributed by atoms with Gasteiger partial charge in [0, 0.05) is 16.5 Å². The summed E-state index contributed by atoms with van der Waals surface area (Å²) in [5.41, 5.74) is 1.85. The summed E-state index contributed by atoms with van der Waals surface area (Å²) in [6.07, 6.45) is 4.16. The van der Waals surface area contributed by atoms with Crippen LogP contribution in [0.15, 0.2) is 42.6 Å². The quantitative estimate of drug-likeness (QED) is 0.530. The predicted molar refractivity (Wildman–Crippen MR) is 97.7 cm³/mol. The number of thiazole rings is 1. The second-order valence-corrected chi connectivity index (χ2v) is 7.17. The molecule has 1 aliphatic carbocycles.